The number of nitrogens with one attached hydrogen (secondary N) is 2. The molecule has 0 aromatic rings. The van der Waals surface area contributed by atoms with Gasteiger partial charge in [-0.15, -0.1) is 0 Å². The van der Waals surface area contributed by atoms with E-state index >= 15 is 0 Å². The molecule has 1 heterocycles. The highest BCUT2D eigenvalue weighted by atomic mass is 16.2. The van der Waals surface area contributed by atoms with Crippen LogP contribution in [0.3, 0.4) is 0 Å². The summed E-state index contributed by atoms with van der Waals surface area (Å²) in [5, 5.41) is 5.70. The Morgan fingerprint density at radius 3 is 2.00 bits per heavy atom. The highest BCUT2D eigenvalue weighted by Crippen LogP contribution is 2.35. The summed E-state index contributed by atoms with van der Waals surface area (Å²) in [6.07, 6.45) is 5.02. The Labute approximate surface area is 164 Å². The Hall–Kier alpha value is -1.59. The molecule has 0 radical (unpaired) electrons. The zero-order valence-electron chi connectivity index (χ0n) is 18.1. The Bertz CT molecular complexity index is 518. The molecule has 6 heteroatoms. The van der Waals surface area contributed by atoms with Gasteiger partial charge in [0, 0.05) is 26.1 Å². The quantitative estimate of drug-likeness (QED) is 0.472. The van der Waals surface area contributed by atoms with E-state index in [1.165, 1.54) is 4.90 Å². The van der Waals surface area contributed by atoms with Crippen LogP contribution in [0.5, 0.6) is 0 Å². The molecule has 1 fully saturated rings. The number of hydrogen-bond donors (Lipinski definition) is 2. The first-order valence-electron chi connectivity index (χ1n) is 10.3. The van der Waals surface area contributed by atoms with Crippen molar-refractivity contribution in [2.24, 2.45) is 16.7 Å². The number of rotatable bonds is 9. The van der Waals surface area contributed by atoms with Crippen LogP contribution in [0.15, 0.2) is 0 Å². The largest absolute Gasteiger partial charge is 0.338 e. The molecule has 1 unspecified atom stereocenters. The zero-order valence-corrected chi connectivity index (χ0v) is 18.1. The lowest BCUT2D eigenvalue weighted by Crippen LogP contribution is -2.37. The van der Waals surface area contributed by atoms with Crippen molar-refractivity contribution in [2.45, 2.75) is 80.1 Å². The van der Waals surface area contributed by atoms with Gasteiger partial charge in [-0.1, -0.05) is 48.0 Å². The number of amides is 4. The van der Waals surface area contributed by atoms with Crippen molar-refractivity contribution in [1.29, 1.82) is 0 Å². The Kier molecular flexibility index (Phi) is 8.76. The van der Waals surface area contributed by atoms with Crippen LogP contribution in [0.1, 0.15) is 80.1 Å². The molecule has 1 aliphatic rings. The fourth-order valence-corrected chi connectivity index (χ4v) is 3.24. The van der Waals surface area contributed by atoms with Crippen LogP contribution < -0.4 is 10.6 Å². The number of carbonyl (C=O) groups excluding carboxylic acids is 3. The summed E-state index contributed by atoms with van der Waals surface area (Å²) in [6, 6.07) is -0.146. The molecule has 27 heavy (non-hydrogen) atoms. The molecule has 2 N–H and O–H groups in total. The summed E-state index contributed by atoms with van der Waals surface area (Å²) in [6.45, 7) is 14.3. The summed E-state index contributed by atoms with van der Waals surface area (Å²) in [4.78, 5) is 37.6. The molecule has 1 atom stereocenters. The smallest absolute Gasteiger partial charge is 0.314 e. The van der Waals surface area contributed by atoms with Crippen LogP contribution in [0.25, 0.3) is 0 Å². The van der Waals surface area contributed by atoms with E-state index in [1.807, 2.05) is 20.8 Å². The van der Waals surface area contributed by atoms with E-state index in [0.717, 1.165) is 25.7 Å². The third-order valence-electron chi connectivity index (χ3n) is 5.02. The number of carbonyl (C=O) groups is 3. The second-order valence-electron chi connectivity index (χ2n) is 9.91. The van der Waals surface area contributed by atoms with Crippen LogP contribution in [-0.2, 0) is 9.59 Å². The third-order valence-corrected chi connectivity index (χ3v) is 5.02. The topological polar surface area (TPSA) is 78.5 Å². The second-order valence-corrected chi connectivity index (χ2v) is 9.91. The van der Waals surface area contributed by atoms with E-state index in [2.05, 4.69) is 31.4 Å². The number of nitrogens with zero attached hydrogens (tertiary/aromatic N) is 1. The first-order chi connectivity index (χ1) is 12.4. The molecule has 0 aliphatic carbocycles. The number of likely N-dealkylation sites (tertiary alicyclic amines) is 1. The predicted octanol–water partition coefficient (Wildman–Crippen LogP) is 3.70. The lowest BCUT2D eigenvalue weighted by atomic mass is 9.80. The second kappa shape index (κ2) is 10.1. The van der Waals surface area contributed by atoms with Gasteiger partial charge in [0.1, 0.15) is 0 Å². The van der Waals surface area contributed by atoms with Gasteiger partial charge in [-0.25, -0.2) is 4.79 Å². The van der Waals surface area contributed by atoms with Gasteiger partial charge in [0.25, 0.3) is 0 Å². The summed E-state index contributed by atoms with van der Waals surface area (Å²) in [7, 11) is 0. The van der Waals surface area contributed by atoms with Gasteiger partial charge in [0.05, 0.1) is 5.92 Å². The van der Waals surface area contributed by atoms with Crippen molar-refractivity contribution in [1.82, 2.24) is 15.5 Å². The Morgan fingerprint density at radius 2 is 1.52 bits per heavy atom. The summed E-state index contributed by atoms with van der Waals surface area (Å²) in [5.41, 5.74) is 0.154. The third kappa shape index (κ3) is 8.76. The number of unbranched alkanes of at least 4 members (excludes halogenated alkanes) is 2. The average Bonchev–Trinajstić information content (AvgIpc) is 2.81. The van der Waals surface area contributed by atoms with E-state index in [-0.39, 0.29) is 29.2 Å². The van der Waals surface area contributed by atoms with E-state index < -0.39 is 0 Å². The fourth-order valence-electron chi connectivity index (χ4n) is 3.24. The molecule has 0 aromatic heterocycles. The van der Waals surface area contributed by atoms with Crippen LogP contribution in [0.2, 0.25) is 0 Å². The molecular formula is C21H39N3O3. The molecule has 156 valence electrons. The minimum Gasteiger partial charge on any atom is -0.338 e. The van der Waals surface area contributed by atoms with E-state index in [1.54, 1.807) is 0 Å². The number of urea groups is 1. The van der Waals surface area contributed by atoms with Gasteiger partial charge in [-0.2, -0.15) is 0 Å². The van der Waals surface area contributed by atoms with Crippen molar-refractivity contribution >= 4 is 17.8 Å². The molecule has 0 spiro atoms. The van der Waals surface area contributed by atoms with Gasteiger partial charge < -0.3 is 10.6 Å². The van der Waals surface area contributed by atoms with E-state index in [4.69, 9.17) is 0 Å². The SMILES string of the molecule is CC(C)(C)CCCCNC(=O)NCCCCN1C(=O)CC(C(C)(C)C)C1=O. The maximum absolute atomic E-state index is 12.4. The standard InChI is InChI=1S/C21H39N3O3/c1-20(2,3)11-7-8-12-22-19(27)23-13-9-10-14-24-17(25)15-16(18(24)26)21(4,5)6/h16H,7-15H2,1-6H3,(H2,22,23,27). The molecule has 6 nitrogen and oxygen atoms in total. The lowest BCUT2D eigenvalue weighted by Gasteiger charge is -2.24. The normalized spacial score (nSPS) is 18.1. The van der Waals surface area contributed by atoms with Crippen LogP contribution >= 0.6 is 0 Å². The lowest BCUT2D eigenvalue weighted by molar-refractivity contribution is -0.140. The van der Waals surface area contributed by atoms with Gasteiger partial charge >= 0.3 is 6.03 Å². The highest BCUT2D eigenvalue weighted by molar-refractivity contribution is 6.03. The first-order valence-corrected chi connectivity index (χ1v) is 10.3. The molecule has 0 saturated carbocycles. The van der Waals surface area contributed by atoms with Gasteiger partial charge in [0.2, 0.25) is 11.8 Å². The highest BCUT2D eigenvalue weighted by Gasteiger charge is 2.44. The predicted molar refractivity (Wildman–Crippen MR) is 108 cm³/mol. The number of imide groups is 1. The Morgan fingerprint density at radius 1 is 0.963 bits per heavy atom. The van der Waals surface area contributed by atoms with Gasteiger partial charge in [0.15, 0.2) is 0 Å². The monoisotopic (exact) mass is 381 g/mol. The maximum Gasteiger partial charge on any atom is 0.314 e. The molecule has 0 bridgehead atoms. The summed E-state index contributed by atoms with van der Waals surface area (Å²) >= 11 is 0. The molecular weight excluding hydrogens is 342 g/mol. The van der Waals surface area contributed by atoms with Gasteiger partial charge in [-0.05, 0) is 36.5 Å². The summed E-state index contributed by atoms with van der Waals surface area (Å²) in [5.74, 6) is -0.332. The molecule has 4 amide bonds. The van der Waals surface area contributed by atoms with E-state index in [9.17, 15) is 14.4 Å². The minimum absolute atomic E-state index is 0.0477. The fraction of sp³-hybridized carbons (Fsp3) is 0.857. The Balaban J connectivity index is 2.12. The summed E-state index contributed by atoms with van der Waals surface area (Å²) < 4.78 is 0. The van der Waals surface area contributed by atoms with Crippen molar-refractivity contribution < 1.29 is 14.4 Å². The van der Waals surface area contributed by atoms with Crippen LogP contribution in [0, 0.1) is 16.7 Å². The van der Waals surface area contributed by atoms with Crippen LogP contribution in [-0.4, -0.2) is 42.4 Å². The van der Waals surface area contributed by atoms with Crippen molar-refractivity contribution in [3.05, 3.63) is 0 Å². The van der Waals surface area contributed by atoms with Crippen molar-refractivity contribution in [3.63, 3.8) is 0 Å². The van der Waals surface area contributed by atoms with Crippen molar-refractivity contribution in [2.75, 3.05) is 19.6 Å². The minimum atomic E-state index is -0.216. The van der Waals surface area contributed by atoms with Crippen LogP contribution in [0.4, 0.5) is 4.79 Å². The van der Waals surface area contributed by atoms with E-state index in [0.29, 0.717) is 37.9 Å². The number of hydrogen-bond acceptors (Lipinski definition) is 3. The average molecular weight is 382 g/mol. The van der Waals surface area contributed by atoms with Crippen molar-refractivity contribution in [3.8, 4) is 0 Å². The molecule has 1 aliphatic heterocycles. The maximum atomic E-state index is 12.4. The zero-order chi connectivity index (χ0) is 20.7. The molecule has 1 rings (SSSR count). The van der Waals surface area contributed by atoms with Gasteiger partial charge in [-0.3, -0.25) is 14.5 Å². The first kappa shape index (κ1) is 23.4. The molecule has 0 aromatic carbocycles. The molecule has 1 saturated heterocycles.